The molecule has 1 saturated heterocycles. The summed E-state index contributed by atoms with van der Waals surface area (Å²) in [5, 5.41) is 2.79. The van der Waals surface area contributed by atoms with Crippen LogP contribution in [-0.2, 0) is 26.1 Å². The van der Waals surface area contributed by atoms with Gasteiger partial charge in [0.25, 0.3) is 0 Å². The Hall–Kier alpha value is -2.17. The zero-order chi connectivity index (χ0) is 21.0. The van der Waals surface area contributed by atoms with Crippen LogP contribution in [0.4, 0.5) is 0 Å². The van der Waals surface area contributed by atoms with E-state index in [-0.39, 0.29) is 22.3 Å². The summed E-state index contributed by atoms with van der Waals surface area (Å²) in [7, 11) is -2.11. The van der Waals surface area contributed by atoms with E-state index in [2.05, 4.69) is 5.32 Å². The van der Waals surface area contributed by atoms with E-state index >= 15 is 0 Å². The SMILES string of the molecule is CCn1c(=O)oc2cc(S(=O)(=O)N3CCC(CC(=O)NCCOC)CC3)ccc21. The number of ether oxygens (including phenoxy) is 1. The van der Waals surface area contributed by atoms with E-state index in [0.29, 0.717) is 57.6 Å². The first-order valence-corrected chi connectivity index (χ1v) is 11.2. The minimum Gasteiger partial charge on any atom is -0.408 e. The van der Waals surface area contributed by atoms with Gasteiger partial charge >= 0.3 is 5.76 Å². The Morgan fingerprint density at radius 2 is 2.03 bits per heavy atom. The zero-order valence-electron chi connectivity index (χ0n) is 16.7. The summed E-state index contributed by atoms with van der Waals surface area (Å²) in [6, 6.07) is 4.52. The molecule has 2 heterocycles. The number of amides is 1. The lowest BCUT2D eigenvalue weighted by Crippen LogP contribution is -2.39. The van der Waals surface area contributed by atoms with Crippen molar-refractivity contribution in [2.24, 2.45) is 5.92 Å². The molecule has 0 spiro atoms. The topological polar surface area (TPSA) is 111 Å². The first-order valence-electron chi connectivity index (χ1n) is 9.76. The molecule has 0 radical (unpaired) electrons. The molecule has 1 aromatic carbocycles. The number of carbonyl (C=O) groups excluding carboxylic acids is 1. The number of methoxy groups -OCH3 is 1. The minimum absolute atomic E-state index is 0.0377. The first-order chi connectivity index (χ1) is 13.9. The van der Waals surface area contributed by atoms with Crippen LogP contribution >= 0.6 is 0 Å². The third-order valence-electron chi connectivity index (χ3n) is 5.27. The van der Waals surface area contributed by atoms with E-state index in [1.54, 1.807) is 13.2 Å². The predicted molar refractivity (Wildman–Crippen MR) is 107 cm³/mol. The van der Waals surface area contributed by atoms with Crippen molar-refractivity contribution >= 4 is 27.0 Å². The van der Waals surface area contributed by atoms with Crippen molar-refractivity contribution in [1.82, 2.24) is 14.2 Å². The van der Waals surface area contributed by atoms with E-state index < -0.39 is 15.8 Å². The number of oxazole rings is 1. The Kier molecular flexibility index (Phi) is 6.76. The van der Waals surface area contributed by atoms with Gasteiger partial charge in [0.05, 0.1) is 17.0 Å². The van der Waals surface area contributed by atoms with Crippen LogP contribution in [-0.4, -0.2) is 56.5 Å². The number of fused-ring (bicyclic) bond motifs is 1. The predicted octanol–water partition coefficient (Wildman–Crippen LogP) is 1.17. The number of piperidine rings is 1. The smallest absolute Gasteiger partial charge is 0.408 e. The van der Waals surface area contributed by atoms with Crippen LogP contribution < -0.4 is 11.1 Å². The Labute approximate surface area is 169 Å². The maximum atomic E-state index is 13.0. The third kappa shape index (κ3) is 4.71. The van der Waals surface area contributed by atoms with Crippen molar-refractivity contribution in [3.05, 3.63) is 28.7 Å². The molecular formula is C19H27N3O6S. The number of aryl methyl sites for hydroxylation is 1. The van der Waals surface area contributed by atoms with Crippen molar-refractivity contribution in [3.8, 4) is 0 Å². The monoisotopic (exact) mass is 425 g/mol. The van der Waals surface area contributed by atoms with Crippen molar-refractivity contribution < 1.29 is 22.4 Å². The van der Waals surface area contributed by atoms with Crippen LogP contribution in [0.15, 0.2) is 32.3 Å². The first kappa shape index (κ1) is 21.5. The van der Waals surface area contributed by atoms with E-state index in [4.69, 9.17) is 9.15 Å². The van der Waals surface area contributed by atoms with Gasteiger partial charge in [0.1, 0.15) is 0 Å². The highest BCUT2D eigenvalue weighted by molar-refractivity contribution is 7.89. The number of hydrogen-bond donors (Lipinski definition) is 1. The number of benzene rings is 1. The van der Waals surface area contributed by atoms with Gasteiger partial charge in [-0.2, -0.15) is 4.31 Å². The highest BCUT2D eigenvalue weighted by Crippen LogP contribution is 2.27. The van der Waals surface area contributed by atoms with Crippen LogP contribution in [0.3, 0.4) is 0 Å². The number of rotatable bonds is 8. The van der Waals surface area contributed by atoms with E-state index in [9.17, 15) is 18.0 Å². The summed E-state index contributed by atoms with van der Waals surface area (Å²) in [4.78, 5) is 23.9. The van der Waals surface area contributed by atoms with Crippen LogP contribution in [0, 0.1) is 5.92 Å². The lowest BCUT2D eigenvalue weighted by molar-refractivity contribution is -0.122. The molecule has 29 heavy (non-hydrogen) atoms. The summed E-state index contributed by atoms with van der Waals surface area (Å²) >= 11 is 0. The van der Waals surface area contributed by atoms with Crippen molar-refractivity contribution in [3.63, 3.8) is 0 Å². The zero-order valence-corrected chi connectivity index (χ0v) is 17.5. The molecule has 160 valence electrons. The van der Waals surface area contributed by atoms with E-state index in [0.717, 1.165) is 0 Å². The van der Waals surface area contributed by atoms with Crippen LogP contribution in [0.5, 0.6) is 0 Å². The van der Waals surface area contributed by atoms with Gasteiger partial charge in [-0.25, -0.2) is 13.2 Å². The molecule has 0 atom stereocenters. The lowest BCUT2D eigenvalue weighted by Gasteiger charge is -2.31. The molecule has 0 saturated carbocycles. The summed E-state index contributed by atoms with van der Waals surface area (Å²) in [6.07, 6.45) is 1.64. The molecule has 10 heteroatoms. The molecule has 1 fully saturated rings. The molecule has 1 amide bonds. The van der Waals surface area contributed by atoms with E-state index in [1.165, 1.54) is 21.0 Å². The molecule has 1 N–H and O–H groups in total. The second-order valence-corrected chi connectivity index (χ2v) is 9.07. The van der Waals surface area contributed by atoms with Crippen LogP contribution in [0.1, 0.15) is 26.2 Å². The highest BCUT2D eigenvalue weighted by Gasteiger charge is 2.30. The number of nitrogens with zero attached hydrogens (tertiary/aromatic N) is 2. The van der Waals surface area contributed by atoms with Gasteiger partial charge in [0, 0.05) is 45.8 Å². The maximum Gasteiger partial charge on any atom is 0.419 e. The summed E-state index contributed by atoms with van der Waals surface area (Å²) < 4.78 is 39.0. The van der Waals surface area contributed by atoms with Gasteiger partial charge in [0.15, 0.2) is 5.58 Å². The van der Waals surface area contributed by atoms with Crippen molar-refractivity contribution in [1.29, 1.82) is 0 Å². The van der Waals surface area contributed by atoms with Crippen molar-refractivity contribution in [2.45, 2.75) is 37.6 Å². The van der Waals surface area contributed by atoms with Crippen LogP contribution in [0.2, 0.25) is 0 Å². The molecule has 1 aliphatic rings. The van der Waals surface area contributed by atoms with Crippen molar-refractivity contribution in [2.75, 3.05) is 33.4 Å². The lowest BCUT2D eigenvalue weighted by atomic mass is 9.94. The molecule has 9 nitrogen and oxygen atoms in total. The average molecular weight is 426 g/mol. The quantitative estimate of drug-likeness (QED) is 0.636. The molecule has 1 aliphatic heterocycles. The second kappa shape index (κ2) is 9.10. The largest absolute Gasteiger partial charge is 0.419 e. The number of aromatic nitrogens is 1. The second-order valence-electron chi connectivity index (χ2n) is 7.14. The number of hydrogen-bond acceptors (Lipinski definition) is 6. The number of nitrogens with one attached hydrogen (secondary N) is 1. The molecule has 0 unspecified atom stereocenters. The molecular weight excluding hydrogens is 398 g/mol. The molecule has 1 aromatic heterocycles. The minimum atomic E-state index is -3.69. The van der Waals surface area contributed by atoms with Gasteiger partial charge in [0.2, 0.25) is 15.9 Å². The summed E-state index contributed by atoms with van der Waals surface area (Å²) in [5.74, 6) is -0.381. The Balaban J connectivity index is 1.65. The highest BCUT2D eigenvalue weighted by atomic mass is 32.2. The Bertz CT molecular complexity index is 1020. The van der Waals surface area contributed by atoms with E-state index in [1.807, 2.05) is 6.92 Å². The standard InChI is InChI=1S/C19H27N3O6S/c1-3-22-16-5-4-15(13-17(16)28-19(22)24)29(25,26)21-9-6-14(7-10-21)12-18(23)20-8-11-27-2/h4-5,13-14H,3,6-12H2,1-2H3,(H,20,23). The third-order valence-corrected chi connectivity index (χ3v) is 7.16. The van der Waals surface area contributed by atoms with Gasteiger partial charge in [-0.05, 0) is 37.8 Å². The normalized spacial score (nSPS) is 16.3. The van der Waals surface area contributed by atoms with Crippen LogP contribution in [0.25, 0.3) is 11.1 Å². The summed E-state index contributed by atoms with van der Waals surface area (Å²) in [5.41, 5.74) is 0.843. The molecule has 0 aliphatic carbocycles. The van der Waals surface area contributed by atoms with Gasteiger partial charge in [-0.1, -0.05) is 0 Å². The molecule has 3 rings (SSSR count). The molecule has 0 bridgehead atoms. The number of sulfonamides is 1. The average Bonchev–Trinajstić information content (AvgIpc) is 3.02. The van der Waals surface area contributed by atoms with Gasteiger partial charge in [-0.15, -0.1) is 0 Å². The Morgan fingerprint density at radius 3 is 2.69 bits per heavy atom. The number of carbonyl (C=O) groups is 1. The fraction of sp³-hybridized carbons (Fsp3) is 0.579. The van der Waals surface area contributed by atoms with Gasteiger partial charge < -0.3 is 14.5 Å². The molecule has 2 aromatic rings. The fourth-order valence-electron chi connectivity index (χ4n) is 3.64. The van der Waals surface area contributed by atoms with Gasteiger partial charge in [-0.3, -0.25) is 9.36 Å². The maximum absolute atomic E-state index is 13.0. The summed E-state index contributed by atoms with van der Waals surface area (Å²) in [6.45, 7) is 3.93. The Morgan fingerprint density at radius 1 is 1.31 bits per heavy atom. The fourth-order valence-corrected chi connectivity index (χ4v) is 5.12.